The molecule has 0 N–H and O–H groups in total. The van der Waals surface area contributed by atoms with Crippen molar-refractivity contribution in [2.45, 2.75) is 83.2 Å². The van der Waals surface area contributed by atoms with Gasteiger partial charge in [0.1, 0.15) is 12.1 Å². The summed E-state index contributed by atoms with van der Waals surface area (Å²) in [6, 6.07) is -1.05. The van der Waals surface area contributed by atoms with Crippen molar-refractivity contribution in [1.82, 2.24) is 14.7 Å². The molecule has 0 aromatic carbocycles. The van der Waals surface area contributed by atoms with E-state index >= 15 is 0 Å². The van der Waals surface area contributed by atoms with Crippen molar-refractivity contribution >= 4 is 29.6 Å². The molecule has 4 amide bonds. The Morgan fingerprint density at radius 2 is 1.58 bits per heavy atom. The monoisotopic (exact) mass is 461 g/mol. The average Bonchev–Trinajstić information content (AvgIpc) is 3.54. The standard InChI is InChI=1S/C24H35N3O6/c1-2-3-17-33-24(32)19-10-8-16-26(19)23(31)18-9-7-15-25(18)20(28)11-5-4-6-14-27-21(29)12-13-22(27)30/h12-13,18-19H,2-11,14-17H2,1H3/t18?,19-/m0/s1. The third kappa shape index (κ3) is 6.21. The summed E-state index contributed by atoms with van der Waals surface area (Å²) in [5.74, 6) is -1.11. The van der Waals surface area contributed by atoms with Crippen LogP contribution >= 0.6 is 0 Å². The molecule has 2 fully saturated rings. The van der Waals surface area contributed by atoms with Crippen molar-refractivity contribution in [3.63, 3.8) is 0 Å². The van der Waals surface area contributed by atoms with Crippen LogP contribution in [0.4, 0.5) is 0 Å². The maximum Gasteiger partial charge on any atom is 0.328 e. The van der Waals surface area contributed by atoms with Gasteiger partial charge in [0.2, 0.25) is 11.8 Å². The Morgan fingerprint density at radius 3 is 2.27 bits per heavy atom. The van der Waals surface area contributed by atoms with Crippen LogP contribution in [0.1, 0.15) is 71.1 Å². The van der Waals surface area contributed by atoms with Crippen LogP contribution in [0.15, 0.2) is 12.2 Å². The second kappa shape index (κ2) is 12.0. The van der Waals surface area contributed by atoms with E-state index in [1.807, 2.05) is 6.92 Å². The van der Waals surface area contributed by atoms with Crippen molar-refractivity contribution < 1.29 is 28.7 Å². The second-order valence-electron chi connectivity index (χ2n) is 8.93. The van der Waals surface area contributed by atoms with Gasteiger partial charge in [0.25, 0.3) is 11.8 Å². The smallest absolute Gasteiger partial charge is 0.328 e. The highest BCUT2D eigenvalue weighted by molar-refractivity contribution is 6.12. The third-order valence-corrected chi connectivity index (χ3v) is 6.58. The number of carbonyl (C=O) groups excluding carboxylic acids is 5. The van der Waals surface area contributed by atoms with Gasteiger partial charge in [0, 0.05) is 38.2 Å². The van der Waals surface area contributed by atoms with Crippen LogP contribution in [-0.4, -0.2) is 82.6 Å². The molecule has 9 heteroatoms. The molecule has 3 heterocycles. The SMILES string of the molecule is CCCCOC(=O)[C@@H]1CCCN1C(=O)C1CCCN1C(=O)CCCCCN1C(=O)C=CC1=O. The molecule has 0 bridgehead atoms. The van der Waals surface area contributed by atoms with Crippen molar-refractivity contribution in [2.24, 2.45) is 0 Å². The van der Waals surface area contributed by atoms with E-state index in [0.717, 1.165) is 25.7 Å². The minimum atomic E-state index is -0.544. The highest BCUT2D eigenvalue weighted by Crippen LogP contribution is 2.26. The van der Waals surface area contributed by atoms with Crippen LogP contribution < -0.4 is 0 Å². The first kappa shape index (κ1) is 24.9. The third-order valence-electron chi connectivity index (χ3n) is 6.58. The van der Waals surface area contributed by atoms with Gasteiger partial charge in [-0.05, 0) is 44.9 Å². The molecule has 9 nitrogen and oxygen atoms in total. The van der Waals surface area contributed by atoms with E-state index in [4.69, 9.17) is 4.74 Å². The highest BCUT2D eigenvalue weighted by atomic mass is 16.5. The zero-order chi connectivity index (χ0) is 23.8. The molecule has 3 rings (SSSR count). The summed E-state index contributed by atoms with van der Waals surface area (Å²) in [4.78, 5) is 66.1. The lowest BCUT2D eigenvalue weighted by Gasteiger charge is -2.30. The lowest BCUT2D eigenvalue weighted by Crippen LogP contribution is -2.51. The number of esters is 1. The van der Waals surface area contributed by atoms with E-state index in [2.05, 4.69) is 0 Å². The number of likely N-dealkylation sites (tertiary alicyclic amines) is 2. The minimum absolute atomic E-state index is 0.0536. The van der Waals surface area contributed by atoms with Crippen molar-refractivity contribution in [1.29, 1.82) is 0 Å². The molecule has 1 unspecified atom stereocenters. The normalized spacial score (nSPS) is 22.5. The molecule has 0 aromatic rings. The molecule has 0 saturated carbocycles. The maximum absolute atomic E-state index is 13.2. The molecular weight excluding hydrogens is 426 g/mol. The summed E-state index contributed by atoms with van der Waals surface area (Å²) < 4.78 is 5.35. The Hall–Kier alpha value is -2.71. The summed E-state index contributed by atoms with van der Waals surface area (Å²) in [5, 5.41) is 0. The van der Waals surface area contributed by atoms with Gasteiger partial charge in [-0.2, -0.15) is 0 Å². The van der Waals surface area contributed by atoms with Crippen LogP contribution in [0.3, 0.4) is 0 Å². The molecule has 0 aliphatic carbocycles. The number of rotatable bonds is 11. The number of amides is 4. The van der Waals surface area contributed by atoms with Crippen LogP contribution in [0, 0.1) is 0 Å². The molecule has 0 aromatic heterocycles. The fourth-order valence-electron chi connectivity index (χ4n) is 4.72. The fourth-order valence-corrected chi connectivity index (χ4v) is 4.72. The predicted molar refractivity (Wildman–Crippen MR) is 120 cm³/mol. The maximum atomic E-state index is 13.2. The molecule has 0 spiro atoms. The van der Waals surface area contributed by atoms with Gasteiger partial charge in [-0.15, -0.1) is 0 Å². The van der Waals surface area contributed by atoms with Gasteiger partial charge in [0.05, 0.1) is 6.61 Å². The summed E-state index contributed by atoms with van der Waals surface area (Å²) in [7, 11) is 0. The quantitative estimate of drug-likeness (QED) is 0.264. The number of hydrogen-bond donors (Lipinski definition) is 0. The number of hydrogen-bond acceptors (Lipinski definition) is 6. The fraction of sp³-hybridized carbons (Fsp3) is 0.708. The minimum Gasteiger partial charge on any atom is -0.464 e. The first-order valence-corrected chi connectivity index (χ1v) is 12.2. The lowest BCUT2D eigenvalue weighted by atomic mass is 10.1. The molecule has 2 atom stereocenters. The zero-order valence-electron chi connectivity index (χ0n) is 19.5. The van der Waals surface area contributed by atoms with Gasteiger partial charge in [-0.25, -0.2) is 4.79 Å². The molecule has 182 valence electrons. The van der Waals surface area contributed by atoms with Crippen LogP contribution in [0.25, 0.3) is 0 Å². The van der Waals surface area contributed by atoms with E-state index in [0.29, 0.717) is 64.8 Å². The van der Waals surface area contributed by atoms with Gasteiger partial charge in [-0.3, -0.25) is 24.1 Å². The largest absolute Gasteiger partial charge is 0.464 e. The summed E-state index contributed by atoms with van der Waals surface area (Å²) in [6.07, 6.45) is 9.35. The molecule has 33 heavy (non-hydrogen) atoms. The van der Waals surface area contributed by atoms with Crippen molar-refractivity contribution in [2.75, 3.05) is 26.2 Å². The molecular formula is C24H35N3O6. The Kier molecular flexibility index (Phi) is 9.03. The van der Waals surface area contributed by atoms with E-state index < -0.39 is 12.1 Å². The predicted octanol–water partition coefficient (Wildman–Crippen LogP) is 1.80. The number of carbonyl (C=O) groups is 5. The van der Waals surface area contributed by atoms with Crippen LogP contribution in [0.2, 0.25) is 0 Å². The Labute approximate surface area is 195 Å². The first-order chi connectivity index (χ1) is 15.9. The van der Waals surface area contributed by atoms with Crippen molar-refractivity contribution in [3.8, 4) is 0 Å². The van der Waals surface area contributed by atoms with Gasteiger partial charge >= 0.3 is 5.97 Å². The van der Waals surface area contributed by atoms with E-state index in [1.165, 1.54) is 17.1 Å². The summed E-state index contributed by atoms with van der Waals surface area (Å²) in [6.45, 7) is 3.83. The van der Waals surface area contributed by atoms with E-state index in [9.17, 15) is 24.0 Å². The van der Waals surface area contributed by atoms with Gasteiger partial charge in [0.15, 0.2) is 0 Å². The van der Waals surface area contributed by atoms with Gasteiger partial charge < -0.3 is 14.5 Å². The van der Waals surface area contributed by atoms with Gasteiger partial charge in [-0.1, -0.05) is 19.8 Å². The molecule has 2 saturated heterocycles. The molecule has 0 radical (unpaired) electrons. The van der Waals surface area contributed by atoms with Crippen LogP contribution in [0.5, 0.6) is 0 Å². The Bertz CT molecular complexity index is 777. The van der Waals surface area contributed by atoms with E-state index in [-0.39, 0.29) is 29.6 Å². The van der Waals surface area contributed by atoms with Crippen LogP contribution in [-0.2, 0) is 28.7 Å². The topological polar surface area (TPSA) is 104 Å². The Morgan fingerprint density at radius 1 is 0.909 bits per heavy atom. The molecule has 3 aliphatic rings. The number of nitrogens with zero attached hydrogens (tertiary/aromatic N) is 3. The average molecular weight is 462 g/mol. The van der Waals surface area contributed by atoms with Crippen molar-refractivity contribution in [3.05, 3.63) is 12.2 Å². The number of ether oxygens (including phenoxy) is 1. The number of unbranched alkanes of at least 4 members (excludes halogenated alkanes) is 3. The Balaban J connectivity index is 1.44. The second-order valence-corrected chi connectivity index (χ2v) is 8.93. The zero-order valence-corrected chi connectivity index (χ0v) is 19.5. The molecule has 3 aliphatic heterocycles. The summed E-state index contributed by atoms with van der Waals surface area (Å²) in [5.41, 5.74) is 0. The first-order valence-electron chi connectivity index (χ1n) is 12.2. The highest BCUT2D eigenvalue weighted by Gasteiger charge is 2.42. The summed E-state index contributed by atoms with van der Waals surface area (Å²) >= 11 is 0. The number of imide groups is 1. The van der Waals surface area contributed by atoms with E-state index in [1.54, 1.807) is 9.80 Å². The lowest BCUT2D eigenvalue weighted by molar-refractivity contribution is -0.155.